The molecule has 5 nitrogen and oxygen atoms in total. The van der Waals surface area contributed by atoms with Crippen LogP contribution in [0.3, 0.4) is 0 Å². The molecule has 0 aliphatic carbocycles. The molecule has 0 atom stereocenters. The molecule has 2 heterocycles. The first kappa shape index (κ1) is 28.8. The molecule has 0 fully saturated rings. The molecule has 0 saturated heterocycles. The quantitative estimate of drug-likeness (QED) is 0.193. The van der Waals surface area contributed by atoms with Crippen molar-refractivity contribution >= 4 is 43.6 Å². The maximum atomic E-state index is 10.2. The summed E-state index contributed by atoms with van der Waals surface area (Å²) < 4.78 is 4.57. The molecule has 0 amide bonds. The second-order valence-electron chi connectivity index (χ2n) is 12.3. The zero-order valence-electron chi connectivity index (χ0n) is 26.7. The molecule has 230 valence electrons. The van der Waals surface area contributed by atoms with Gasteiger partial charge in [0.15, 0.2) is 0 Å². The van der Waals surface area contributed by atoms with E-state index in [4.69, 9.17) is 0 Å². The topological polar surface area (TPSA) is 81.2 Å². The van der Waals surface area contributed by atoms with Crippen LogP contribution in [-0.4, -0.2) is 9.13 Å². The van der Waals surface area contributed by atoms with Crippen molar-refractivity contribution in [3.63, 3.8) is 0 Å². The third kappa shape index (κ3) is 4.24. The van der Waals surface area contributed by atoms with Crippen LogP contribution in [0.5, 0.6) is 0 Å². The lowest BCUT2D eigenvalue weighted by molar-refractivity contribution is 1.17. The summed E-state index contributed by atoms with van der Waals surface area (Å²) in [6, 6.07) is 57.8. The fourth-order valence-corrected chi connectivity index (χ4v) is 7.54. The van der Waals surface area contributed by atoms with E-state index in [0.717, 1.165) is 71.7 Å². The van der Waals surface area contributed by atoms with E-state index in [-0.39, 0.29) is 0 Å². The van der Waals surface area contributed by atoms with E-state index in [9.17, 15) is 15.8 Å². The maximum Gasteiger partial charge on any atom is 0.0998 e. The Kier molecular flexibility index (Phi) is 6.56. The van der Waals surface area contributed by atoms with Gasteiger partial charge in [-0.3, -0.25) is 0 Å². The Hall–Kier alpha value is -7.39. The van der Waals surface area contributed by atoms with Gasteiger partial charge in [-0.15, -0.1) is 0 Å². The van der Waals surface area contributed by atoms with Crippen molar-refractivity contribution in [2.75, 3.05) is 0 Å². The number of hydrogen-bond donors (Lipinski definition) is 0. The minimum atomic E-state index is 0.443. The summed E-state index contributed by atoms with van der Waals surface area (Å²) in [5, 5.41) is 34.5. The summed E-state index contributed by atoms with van der Waals surface area (Å²) in [4.78, 5) is 0. The second-order valence-corrected chi connectivity index (χ2v) is 12.3. The first-order valence-corrected chi connectivity index (χ1v) is 16.3. The predicted octanol–water partition coefficient (Wildman–Crippen LogP) is 10.8. The molecule has 0 saturated carbocycles. The van der Waals surface area contributed by atoms with Crippen molar-refractivity contribution in [1.29, 1.82) is 15.8 Å². The van der Waals surface area contributed by atoms with Crippen LogP contribution in [0.15, 0.2) is 152 Å². The molecular weight excluding hydrogens is 611 g/mol. The second kappa shape index (κ2) is 11.4. The van der Waals surface area contributed by atoms with E-state index in [1.807, 2.05) is 42.5 Å². The van der Waals surface area contributed by atoms with Crippen LogP contribution in [0.1, 0.15) is 16.7 Å². The molecule has 0 aliphatic rings. The predicted molar refractivity (Wildman–Crippen MR) is 200 cm³/mol. The van der Waals surface area contributed by atoms with E-state index in [2.05, 4.69) is 118 Å². The van der Waals surface area contributed by atoms with Gasteiger partial charge in [0.05, 0.1) is 57.0 Å². The van der Waals surface area contributed by atoms with Crippen molar-refractivity contribution in [1.82, 2.24) is 9.13 Å². The average molecular weight is 636 g/mol. The fraction of sp³-hybridized carbons (Fsp3) is 0. The Morgan fingerprint density at radius 2 is 0.960 bits per heavy atom. The standard InChI is InChI=1S/C45H25N5/c46-26-30-10-4-5-15-35(30)29-20-22-42-39(24-29)45-37(44-31(27-47)11-8-12-32(44)28-48)17-9-19-43(45)50(42)34-21-23-41-38(25-34)36-16-6-7-18-40(36)49(41)33-13-2-1-3-14-33/h1-25H. The van der Waals surface area contributed by atoms with E-state index >= 15 is 0 Å². The van der Waals surface area contributed by atoms with Crippen LogP contribution >= 0.6 is 0 Å². The number of para-hydroxylation sites is 2. The van der Waals surface area contributed by atoms with Crippen molar-refractivity contribution in [3.8, 4) is 51.8 Å². The van der Waals surface area contributed by atoms with Crippen molar-refractivity contribution < 1.29 is 0 Å². The zero-order chi connectivity index (χ0) is 33.8. The minimum Gasteiger partial charge on any atom is -0.309 e. The van der Waals surface area contributed by atoms with Gasteiger partial charge in [-0.2, -0.15) is 15.8 Å². The number of nitrogens with zero attached hydrogens (tertiary/aromatic N) is 5. The van der Waals surface area contributed by atoms with Gasteiger partial charge < -0.3 is 9.13 Å². The normalized spacial score (nSPS) is 11.1. The van der Waals surface area contributed by atoms with Gasteiger partial charge in [0.2, 0.25) is 0 Å². The molecule has 0 bridgehead atoms. The Balaban J connectivity index is 1.39. The van der Waals surface area contributed by atoms with Crippen LogP contribution in [0.2, 0.25) is 0 Å². The van der Waals surface area contributed by atoms with Crippen molar-refractivity contribution in [3.05, 3.63) is 168 Å². The van der Waals surface area contributed by atoms with Crippen molar-refractivity contribution in [2.45, 2.75) is 0 Å². The number of rotatable bonds is 4. The zero-order valence-corrected chi connectivity index (χ0v) is 26.7. The first-order valence-electron chi connectivity index (χ1n) is 16.3. The lowest BCUT2D eigenvalue weighted by atomic mass is 9.91. The Labute approximate surface area is 287 Å². The maximum absolute atomic E-state index is 10.2. The molecule has 0 unspecified atom stereocenters. The van der Waals surface area contributed by atoms with Crippen LogP contribution in [0.4, 0.5) is 0 Å². The Morgan fingerprint density at radius 3 is 1.76 bits per heavy atom. The summed E-state index contributed by atoms with van der Waals surface area (Å²) >= 11 is 0. The highest BCUT2D eigenvalue weighted by Gasteiger charge is 2.22. The van der Waals surface area contributed by atoms with Gasteiger partial charge in [0, 0.05) is 38.5 Å². The highest BCUT2D eigenvalue weighted by atomic mass is 15.0. The molecule has 50 heavy (non-hydrogen) atoms. The number of hydrogen-bond acceptors (Lipinski definition) is 3. The van der Waals surface area contributed by atoms with Crippen LogP contribution in [0, 0.1) is 34.0 Å². The summed E-state index contributed by atoms with van der Waals surface area (Å²) in [5.74, 6) is 0. The summed E-state index contributed by atoms with van der Waals surface area (Å²) in [6.07, 6.45) is 0. The number of nitriles is 3. The molecule has 9 rings (SSSR count). The third-order valence-electron chi connectivity index (χ3n) is 9.65. The lowest BCUT2D eigenvalue weighted by Gasteiger charge is -2.11. The molecule has 0 spiro atoms. The number of benzene rings is 7. The van der Waals surface area contributed by atoms with Crippen LogP contribution in [0.25, 0.3) is 77.2 Å². The lowest BCUT2D eigenvalue weighted by Crippen LogP contribution is -1.96. The molecule has 9 aromatic rings. The van der Waals surface area contributed by atoms with E-state index in [1.54, 1.807) is 18.2 Å². The van der Waals surface area contributed by atoms with Gasteiger partial charge in [-0.05, 0) is 89.5 Å². The van der Waals surface area contributed by atoms with Crippen molar-refractivity contribution in [2.24, 2.45) is 0 Å². The largest absolute Gasteiger partial charge is 0.309 e. The van der Waals surface area contributed by atoms with E-state index < -0.39 is 0 Å². The van der Waals surface area contributed by atoms with E-state index in [1.165, 1.54) is 0 Å². The molecule has 5 heteroatoms. The van der Waals surface area contributed by atoms with Crippen LogP contribution < -0.4 is 0 Å². The van der Waals surface area contributed by atoms with Gasteiger partial charge in [0.25, 0.3) is 0 Å². The molecule has 0 radical (unpaired) electrons. The summed E-state index contributed by atoms with van der Waals surface area (Å²) in [5.41, 5.74) is 10.9. The highest BCUT2D eigenvalue weighted by molar-refractivity contribution is 6.18. The van der Waals surface area contributed by atoms with Gasteiger partial charge in [-0.25, -0.2) is 0 Å². The summed E-state index contributed by atoms with van der Waals surface area (Å²) in [6.45, 7) is 0. The SMILES string of the molecule is N#Cc1ccccc1-c1ccc2c(c1)c1c(-c3c(C#N)cccc3C#N)cccc1n2-c1ccc2c(c1)c1ccccc1n2-c1ccccc1. The Morgan fingerprint density at radius 1 is 0.380 bits per heavy atom. The minimum absolute atomic E-state index is 0.443. The molecule has 2 aromatic heterocycles. The molecule has 0 N–H and O–H groups in total. The van der Waals surface area contributed by atoms with E-state index in [0.29, 0.717) is 22.3 Å². The Bertz CT molecular complexity index is 2930. The molecule has 0 aliphatic heterocycles. The fourth-order valence-electron chi connectivity index (χ4n) is 7.54. The molecular formula is C45H25N5. The first-order chi connectivity index (χ1) is 24.7. The summed E-state index contributed by atoms with van der Waals surface area (Å²) in [7, 11) is 0. The number of fused-ring (bicyclic) bond motifs is 6. The highest BCUT2D eigenvalue weighted by Crippen LogP contribution is 2.43. The number of aromatic nitrogens is 2. The average Bonchev–Trinajstić information content (AvgIpc) is 3.70. The third-order valence-corrected chi connectivity index (χ3v) is 9.65. The smallest absolute Gasteiger partial charge is 0.0998 e. The van der Waals surface area contributed by atoms with Crippen LogP contribution in [-0.2, 0) is 0 Å². The monoisotopic (exact) mass is 635 g/mol. The molecule has 7 aromatic carbocycles. The van der Waals surface area contributed by atoms with Gasteiger partial charge >= 0.3 is 0 Å². The van der Waals surface area contributed by atoms with Gasteiger partial charge in [0.1, 0.15) is 0 Å². The van der Waals surface area contributed by atoms with Gasteiger partial charge in [-0.1, -0.05) is 78.9 Å².